The fraction of sp³-hybridized carbons (Fsp3) is 0.538. The van der Waals surface area contributed by atoms with Crippen LogP contribution in [0.2, 0.25) is 0 Å². The van der Waals surface area contributed by atoms with Crippen LogP contribution in [0.1, 0.15) is 13.8 Å². The lowest BCUT2D eigenvalue weighted by Crippen LogP contribution is -2.35. The molecule has 0 saturated carbocycles. The highest BCUT2D eigenvalue weighted by Gasteiger charge is 2.27. The summed E-state index contributed by atoms with van der Waals surface area (Å²) < 4.78 is 0. The van der Waals surface area contributed by atoms with Crippen LogP contribution < -0.4 is 5.32 Å². The molecule has 1 N–H and O–H groups in total. The van der Waals surface area contributed by atoms with Gasteiger partial charge in [-0.3, -0.25) is 0 Å². The quantitative estimate of drug-likeness (QED) is 0.836. The van der Waals surface area contributed by atoms with Crippen molar-refractivity contribution in [3.63, 3.8) is 0 Å². The highest BCUT2D eigenvalue weighted by Crippen LogP contribution is 2.15. The maximum Gasteiger partial charge on any atom is 0.0543 e. The van der Waals surface area contributed by atoms with Gasteiger partial charge in [-0.05, 0) is 12.1 Å². The number of nitrogens with zero attached hydrogens (tertiary/aromatic N) is 2. The lowest BCUT2D eigenvalue weighted by atomic mass is 10.2. The molecule has 0 bridgehead atoms. The molecule has 0 aromatic heterocycles. The number of hydrazine groups is 1. The second kappa shape index (κ2) is 5.32. The summed E-state index contributed by atoms with van der Waals surface area (Å²) in [5.74, 6) is 0. The van der Waals surface area contributed by atoms with E-state index in [1.807, 2.05) is 0 Å². The van der Waals surface area contributed by atoms with Gasteiger partial charge in [0.2, 0.25) is 0 Å². The standard InChI is InChI=1S/C13H21N3/c1-3-15-10-13(11-16(15)4-2)14-12-8-6-5-7-9-12/h5-9,13-14H,3-4,10-11H2,1-2H3. The molecule has 1 saturated heterocycles. The molecule has 16 heavy (non-hydrogen) atoms. The lowest BCUT2D eigenvalue weighted by molar-refractivity contribution is 0.0388. The van der Waals surface area contributed by atoms with Crippen LogP contribution in [0.4, 0.5) is 5.69 Å². The summed E-state index contributed by atoms with van der Waals surface area (Å²) in [4.78, 5) is 0. The largest absolute Gasteiger partial charge is 0.380 e. The van der Waals surface area contributed by atoms with Gasteiger partial charge < -0.3 is 5.32 Å². The van der Waals surface area contributed by atoms with Crippen molar-refractivity contribution in [1.82, 2.24) is 10.0 Å². The van der Waals surface area contributed by atoms with Crippen LogP contribution in [-0.4, -0.2) is 42.2 Å². The molecule has 88 valence electrons. The summed E-state index contributed by atoms with van der Waals surface area (Å²) in [6, 6.07) is 11.0. The van der Waals surface area contributed by atoms with E-state index >= 15 is 0 Å². The smallest absolute Gasteiger partial charge is 0.0543 e. The molecule has 0 atom stereocenters. The molecule has 1 aromatic rings. The van der Waals surface area contributed by atoms with Crippen molar-refractivity contribution in [3.8, 4) is 0 Å². The molecule has 1 aliphatic heterocycles. The molecular weight excluding hydrogens is 198 g/mol. The molecule has 1 fully saturated rings. The maximum absolute atomic E-state index is 3.59. The van der Waals surface area contributed by atoms with Gasteiger partial charge in [-0.25, -0.2) is 10.0 Å². The first-order valence-corrected chi connectivity index (χ1v) is 6.14. The summed E-state index contributed by atoms with van der Waals surface area (Å²) in [6.07, 6.45) is 0. The number of likely N-dealkylation sites (N-methyl/N-ethyl adjacent to an activating group) is 2. The third kappa shape index (κ3) is 2.54. The number of rotatable bonds is 4. The molecule has 0 spiro atoms. The average Bonchev–Trinajstić information content (AvgIpc) is 2.72. The van der Waals surface area contributed by atoms with Crippen LogP contribution in [-0.2, 0) is 0 Å². The fourth-order valence-electron chi connectivity index (χ4n) is 2.32. The Morgan fingerprint density at radius 3 is 2.12 bits per heavy atom. The molecular formula is C13H21N3. The number of hydrogen-bond donors (Lipinski definition) is 1. The highest BCUT2D eigenvalue weighted by molar-refractivity contribution is 5.43. The SMILES string of the molecule is CCN1CC(Nc2ccccc2)CN1CC. The van der Waals surface area contributed by atoms with E-state index in [0.29, 0.717) is 6.04 Å². The molecule has 1 heterocycles. The number of anilines is 1. The van der Waals surface area contributed by atoms with Crippen molar-refractivity contribution in [3.05, 3.63) is 30.3 Å². The van der Waals surface area contributed by atoms with E-state index < -0.39 is 0 Å². The molecule has 0 aliphatic carbocycles. The zero-order chi connectivity index (χ0) is 11.4. The summed E-state index contributed by atoms with van der Waals surface area (Å²) in [7, 11) is 0. The normalized spacial score (nSPS) is 19.1. The van der Waals surface area contributed by atoms with Crippen LogP contribution >= 0.6 is 0 Å². The Bertz CT molecular complexity index is 300. The minimum Gasteiger partial charge on any atom is -0.380 e. The predicted octanol–water partition coefficient (Wildman–Crippen LogP) is 2.04. The molecule has 2 rings (SSSR count). The molecule has 0 amide bonds. The van der Waals surface area contributed by atoms with Gasteiger partial charge in [-0.15, -0.1) is 0 Å². The van der Waals surface area contributed by atoms with Gasteiger partial charge in [0.05, 0.1) is 6.04 Å². The van der Waals surface area contributed by atoms with Crippen LogP contribution in [0, 0.1) is 0 Å². The van der Waals surface area contributed by atoms with E-state index in [0.717, 1.165) is 26.2 Å². The number of benzene rings is 1. The van der Waals surface area contributed by atoms with Crippen molar-refractivity contribution in [2.75, 3.05) is 31.5 Å². The van der Waals surface area contributed by atoms with Gasteiger partial charge in [-0.1, -0.05) is 32.0 Å². The highest BCUT2D eigenvalue weighted by atomic mass is 15.6. The first-order valence-electron chi connectivity index (χ1n) is 6.14. The number of para-hydroxylation sites is 1. The Labute approximate surface area is 98.0 Å². The van der Waals surface area contributed by atoms with Crippen LogP contribution in [0.3, 0.4) is 0 Å². The van der Waals surface area contributed by atoms with E-state index in [2.05, 4.69) is 59.5 Å². The molecule has 3 nitrogen and oxygen atoms in total. The number of hydrogen-bond acceptors (Lipinski definition) is 3. The Kier molecular flexibility index (Phi) is 3.80. The third-order valence-electron chi connectivity index (χ3n) is 3.14. The Morgan fingerprint density at radius 1 is 1.06 bits per heavy atom. The van der Waals surface area contributed by atoms with Gasteiger partial charge in [0.25, 0.3) is 0 Å². The second-order valence-electron chi connectivity index (χ2n) is 4.22. The Morgan fingerprint density at radius 2 is 1.62 bits per heavy atom. The average molecular weight is 219 g/mol. The molecule has 1 aromatic carbocycles. The van der Waals surface area contributed by atoms with Gasteiger partial charge in [0.15, 0.2) is 0 Å². The Hall–Kier alpha value is -1.06. The van der Waals surface area contributed by atoms with E-state index in [-0.39, 0.29) is 0 Å². The van der Waals surface area contributed by atoms with Crippen LogP contribution in [0.15, 0.2) is 30.3 Å². The van der Waals surface area contributed by atoms with E-state index in [9.17, 15) is 0 Å². The van der Waals surface area contributed by atoms with Crippen molar-refractivity contribution < 1.29 is 0 Å². The summed E-state index contributed by atoms with van der Waals surface area (Å²) >= 11 is 0. The number of nitrogens with one attached hydrogen (secondary N) is 1. The third-order valence-corrected chi connectivity index (χ3v) is 3.14. The van der Waals surface area contributed by atoms with Crippen LogP contribution in [0.25, 0.3) is 0 Å². The van der Waals surface area contributed by atoms with Crippen LogP contribution in [0.5, 0.6) is 0 Å². The first-order chi connectivity index (χ1) is 7.83. The maximum atomic E-state index is 3.59. The fourth-order valence-corrected chi connectivity index (χ4v) is 2.32. The summed E-state index contributed by atoms with van der Waals surface area (Å²) in [5.41, 5.74) is 1.22. The van der Waals surface area contributed by atoms with Gasteiger partial charge >= 0.3 is 0 Å². The first kappa shape index (κ1) is 11.4. The van der Waals surface area contributed by atoms with Crippen molar-refractivity contribution in [2.45, 2.75) is 19.9 Å². The lowest BCUT2D eigenvalue weighted by Gasteiger charge is -2.24. The topological polar surface area (TPSA) is 18.5 Å². The predicted molar refractivity (Wildman–Crippen MR) is 68.3 cm³/mol. The Balaban J connectivity index is 1.93. The molecule has 0 radical (unpaired) electrons. The van der Waals surface area contributed by atoms with Gasteiger partial charge in [-0.2, -0.15) is 0 Å². The van der Waals surface area contributed by atoms with E-state index in [4.69, 9.17) is 0 Å². The van der Waals surface area contributed by atoms with Gasteiger partial charge in [0.1, 0.15) is 0 Å². The molecule has 3 heteroatoms. The monoisotopic (exact) mass is 219 g/mol. The van der Waals surface area contributed by atoms with Gasteiger partial charge in [0, 0.05) is 31.9 Å². The second-order valence-corrected chi connectivity index (χ2v) is 4.22. The molecule has 1 aliphatic rings. The minimum absolute atomic E-state index is 0.544. The minimum atomic E-state index is 0.544. The summed E-state index contributed by atoms with van der Waals surface area (Å²) in [5, 5.41) is 8.42. The van der Waals surface area contributed by atoms with Crippen molar-refractivity contribution >= 4 is 5.69 Å². The van der Waals surface area contributed by atoms with Crippen molar-refractivity contribution in [2.24, 2.45) is 0 Å². The zero-order valence-electron chi connectivity index (χ0n) is 10.2. The van der Waals surface area contributed by atoms with E-state index in [1.54, 1.807) is 0 Å². The van der Waals surface area contributed by atoms with E-state index in [1.165, 1.54) is 5.69 Å². The zero-order valence-corrected chi connectivity index (χ0v) is 10.2. The molecule has 0 unspecified atom stereocenters. The summed E-state index contributed by atoms with van der Waals surface area (Å²) in [6.45, 7) is 8.85. The van der Waals surface area contributed by atoms with Crippen molar-refractivity contribution in [1.29, 1.82) is 0 Å².